The van der Waals surface area contributed by atoms with Gasteiger partial charge in [-0.1, -0.05) is 6.07 Å². The molecule has 0 saturated heterocycles. The van der Waals surface area contributed by atoms with Gasteiger partial charge in [0.2, 0.25) is 0 Å². The normalized spacial score (nSPS) is 11.0. The van der Waals surface area contributed by atoms with E-state index in [1.165, 1.54) is 18.2 Å². The van der Waals surface area contributed by atoms with Gasteiger partial charge in [-0.05, 0) is 29.8 Å². The van der Waals surface area contributed by atoms with Crippen LogP contribution in [0.1, 0.15) is 11.1 Å². The Morgan fingerprint density at radius 2 is 1.83 bits per heavy atom. The van der Waals surface area contributed by atoms with Crippen LogP contribution in [0.4, 0.5) is 8.78 Å². The van der Waals surface area contributed by atoms with Crippen molar-refractivity contribution in [2.45, 2.75) is 6.42 Å². The number of benzene rings is 1. The summed E-state index contributed by atoms with van der Waals surface area (Å²) in [5.74, 6) is -1.04. The van der Waals surface area contributed by atoms with Gasteiger partial charge in [-0.25, -0.2) is 13.8 Å². The fraction of sp³-hybridized carbons (Fsp3) is 0.0714. The number of aromatic amines is 1. The number of hydrogen-bond acceptors (Lipinski definition) is 1. The highest BCUT2D eigenvalue weighted by Crippen LogP contribution is 2.22. The average molecular weight is 244 g/mol. The predicted molar refractivity (Wildman–Crippen MR) is 65.3 cm³/mol. The van der Waals surface area contributed by atoms with E-state index in [9.17, 15) is 8.78 Å². The van der Waals surface area contributed by atoms with Crippen molar-refractivity contribution < 1.29 is 8.78 Å². The van der Waals surface area contributed by atoms with Crippen molar-refractivity contribution in [1.29, 1.82) is 0 Å². The quantitative estimate of drug-likeness (QED) is 0.735. The third-order valence-electron chi connectivity index (χ3n) is 2.97. The SMILES string of the molecule is Fc1cccc(F)c1Cc1c[nH]c2ncccc12. The number of H-pyrrole nitrogens is 1. The summed E-state index contributed by atoms with van der Waals surface area (Å²) in [5.41, 5.74) is 1.65. The second-order valence-electron chi connectivity index (χ2n) is 4.09. The fourth-order valence-electron chi connectivity index (χ4n) is 2.05. The van der Waals surface area contributed by atoms with Gasteiger partial charge in [0.15, 0.2) is 0 Å². The summed E-state index contributed by atoms with van der Waals surface area (Å²) in [4.78, 5) is 7.14. The van der Waals surface area contributed by atoms with Gasteiger partial charge in [0.1, 0.15) is 17.3 Å². The third-order valence-corrected chi connectivity index (χ3v) is 2.97. The van der Waals surface area contributed by atoms with Gasteiger partial charge >= 0.3 is 0 Å². The van der Waals surface area contributed by atoms with E-state index in [4.69, 9.17) is 0 Å². The molecule has 0 aliphatic rings. The van der Waals surface area contributed by atoms with Crippen LogP contribution in [0.2, 0.25) is 0 Å². The molecular formula is C14H10F2N2. The van der Waals surface area contributed by atoms with Crippen LogP contribution in [0.15, 0.2) is 42.7 Å². The summed E-state index contributed by atoms with van der Waals surface area (Å²) < 4.78 is 27.2. The highest BCUT2D eigenvalue weighted by Gasteiger charge is 2.12. The lowest BCUT2D eigenvalue weighted by atomic mass is 10.0. The monoisotopic (exact) mass is 244 g/mol. The molecule has 0 atom stereocenters. The zero-order chi connectivity index (χ0) is 12.5. The van der Waals surface area contributed by atoms with Crippen molar-refractivity contribution >= 4 is 11.0 Å². The summed E-state index contributed by atoms with van der Waals surface area (Å²) >= 11 is 0. The lowest BCUT2D eigenvalue weighted by Gasteiger charge is -2.03. The Morgan fingerprint density at radius 1 is 1.06 bits per heavy atom. The summed E-state index contributed by atoms with van der Waals surface area (Å²) in [6.45, 7) is 0. The van der Waals surface area contributed by atoms with E-state index in [0.29, 0.717) is 0 Å². The van der Waals surface area contributed by atoms with Crippen molar-refractivity contribution in [2.75, 3.05) is 0 Å². The molecule has 18 heavy (non-hydrogen) atoms. The molecule has 0 unspecified atom stereocenters. The van der Waals surface area contributed by atoms with Crippen molar-refractivity contribution in [3.8, 4) is 0 Å². The molecule has 0 aliphatic heterocycles. The minimum absolute atomic E-state index is 0.0854. The summed E-state index contributed by atoms with van der Waals surface area (Å²) in [6, 6.07) is 7.59. The Bertz CT molecular complexity index is 684. The maximum Gasteiger partial charge on any atom is 0.137 e. The number of rotatable bonds is 2. The lowest BCUT2D eigenvalue weighted by molar-refractivity contribution is 0.561. The van der Waals surface area contributed by atoms with Gasteiger partial charge in [-0.15, -0.1) is 0 Å². The highest BCUT2D eigenvalue weighted by molar-refractivity contribution is 5.79. The van der Waals surface area contributed by atoms with E-state index >= 15 is 0 Å². The number of pyridine rings is 1. The van der Waals surface area contributed by atoms with E-state index in [1.807, 2.05) is 6.07 Å². The lowest BCUT2D eigenvalue weighted by Crippen LogP contribution is -1.96. The second kappa shape index (κ2) is 4.22. The summed E-state index contributed by atoms with van der Waals surface area (Å²) in [5, 5.41) is 0.889. The van der Waals surface area contributed by atoms with E-state index in [1.54, 1.807) is 18.5 Å². The predicted octanol–water partition coefficient (Wildman–Crippen LogP) is 3.43. The van der Waals surface area contributed by atoms with Crippen LogP contribution in [0.25, 0.3) is 11.0 Å². The molecule has 2 aromatic heterocycles. The molecule has 3 aromatic rings. The van der Waals surface area contributed by atoms with Gasteiger partial charge < -0.3 is 4.98 Å². The molecule has 0 amide bonds. The molecular weight excluding hydrogens is 234 g/mol. The number of halogens is 2. The molecule has 0 aliphatic carbocycles. The zero-order valence-corrected chi connectivity index (χ0v) is 9.45. The van der Waals surface area contributed by atoms with Crippen molar-refractivity contribution in [3.05, 3.63) is 65.5 Å². The number of nitrogens with one attached hydrogen (secondary N) is 1. The summed E-state index contributed by atoms with van der Waals surface area (Å²) in [6.07, 6.45) is 3.63. The van der Waals surface area contributed by atoms with E-state index in [-0.39, 0.29) is 12.0 Å². The van der Waals surface area contributed by atoms with Crippen LogP contribution < -0.4 is 0 Å². The molecule has 1 N–H and O–H groups in total. The number of nitrogens with zero attached hydrogens (tertiary/aromatic N) is 1. The first-order chi connectivity index (χ1) is 8.75. The Kier molecular flexibility index (Phi) is 2.55. The van der Waals surface area contributed by atoms with Crippen molar-refractivity contribution in [3.63, 3.8) is 0 Å². The molecule has 2 nitrogen and oxygen atoms in total. The first kappa shape index (κ1) is 10.9. The Hall–Kier alpha value is -2.23. The van der Waals surface area contributed by atoms with Gasteiger partial charge in [0, 0.05) is 29.8 Å². The molecule has 0 saturated carbocycles. The smallest absolute Gasteiger partial charge is 0.137 e. The minimum Gasteiger partial charge on any atom is -0.346 e. The topological polar surface area (TPSA) is 28.7 Å². The van der Waals surface area contributed by atoms with Gasteiger partial charge in [-0.2, -0.15) is 0 Å². The minimum atomic E-state index is -0.520. The Morgan fingerprint density at radius 3 is 2.61 bits per heavy atom. The van der Waals surface area contributed by atoms with Gasteiger partial charge in [0.25, 0.3) is 0 Å². The van der Waals surface area contributed by atoms with E-state index in [0.717, 1.165) is 16.6 Å². The van der Waals surface area contributed by atoms with Crippen LogP contribution in [0.3, 0.4) is 0 Å². The van der Waals surface area contributed by atoms with E-state index < -0.39 is 11.6 Å². The highest BCUT2D eigenvalue weighted by atomic mass is 19.1. The third kappa shape index (κ3) is 1.76. The zero-order valence-electron chi connectivity index (χ0n) is 9.45. The molecule has 3 rings (SSSR count). The van der Waals surface area contributed by atoms with E-state index in [2.05, 4.69) is 9.97 Å². The molecule has 0 spiro atoms. The Labute approximate surface area is 102 Å². The maximum absolute atomic E-state index is 13.6. The van der Waals surface area contributed by atoms with Crippen LogP contribution in [-0.2, 0) is 6.42 Å². The molecule has 90 valence electrons. The largest absolute Gasteiger partial charge is 0.346 e. The van der Waals surface area contributed by atoms with Crippen molar-refractivity contribution in [2.24, 2.45) is 0 Å². The average Bonchev–Trinajstić information content (AvgIpc) is 2.77. The number of hydrogen-bond donors (Lipinski definition) is 1. The Balaban J connectivity index is 2.07. The molecule has 0 radical (unpaired) electrons. The van der Waals surface area contributed by atoms with Crippen LogP contribution >= 0.6 is 0 Å². The molecule has 0 bridgehead atoms. The van der Waals surface area contributed by atoms with Crippen molar-refractivity contribution in [1.82, 2.24) is 9.97 Å². The number of fused-ring (bicyclic) bond motifs is 1. The second-order valence-corrected chi connectivity index (χ2v) is 4.09. The number of aromatic nitrogens is 2. The standard InChI is InChI=1S/C14H10F2N2/c15-12-4-1-5-13(16)11(12)7-9-8-18-14-10(9)3-2-6-17-14/h1-6,8H,7H2,(H,17,18). The first-order valence-electron chi connectivity index (χ1n) is 5.59. The van der Waals surface area contributed by atoms with Crippen LogP contribution in [0.5, 0.6) is 0 Å². The molecule has 0 fully saturated rings. The summed E-state index contributed by atoms with van der Waals surface area (Å²) in [7, 11) is 0. The van der Waals surface area contributed by atoms with Gasteiger partial charge in [-0.3, -0.25) is 0 Å². The molecule has 2 heterocycles. The first-order valence-corrected chi connectivity index (χ1v) is 5.59. The van der Waals surface area contributed by atoms with Crippen LogP contribution in [0, 0.1) is 11.6 Å². The van der Waals surface area contributed by atoms with Crippen LogP contribution in [-0.4, -0.2) is 9.97 Å². The van der Waals surface area contributed by atoms with Gasteiger partial charge in [0.05, 0.1) is 0 Å². The maximum atomic E-state index is 13.6. The molecule has 1 aromatic carbocycles. The molecule has 4 heteroatoms. The fourth-order valence-corrected chi connectivity index (χ4v) is 2.05.